The van der Waals surface area contributed by atoms with Gasteiger partial charge in [-0.15, -0.1) is 0 Å². The van der Waals surface area contributed by atoms with Crippen molar-refractivity contribution in [2.75, 3.05) is 0 Å². The minimum absolute atomic E-state index is 0.0106. The maximum Gasteiger partial charge on any atom is 0.310 e. The Hall–Kier alpha value is -14.2. The van der Waals surface area contributed by atoms with E-state index in [0.717, 1.165) is 50.1 Å². The SMILES string of the molecule is CC(=O)N[C@@H](C)c1cccc(C(=O)c2ccccc2)c1.CC(C)c1cccc(C(=O)c2ccccc2)c1.CCC(=O)[C@@H](C)c1cccc(C(=O)c2ccccc2)c1.C[C@H](Br)c1cccc(C(=O)c2ccccc2)c1.C[C@H](C(=O)O)c1cccc(C(=O)c2ccccc2)c1.C[C@H](N)c1cccc(C(=O)c2ccccc2)c1.C[C@H](O)c1cccc(C(=O)c2ccccc2)c1. The van der Waals surface area contributed by atoms with E-state index in [1.807, 2.05) is 295 Å². The lowest BCUT2D eigenvalue weighted by Crippen LogP contribution is -2.23. The predicted molar refractivity (Wildman–Crippen MR) is 511 cm³/mol. The van der Waals surface area contributed by atoms with Gasteiger partial charge in [0.05, 0.1) is 18.1 Å². The van der Waals surface area contributed by atoms with Crippen LogP contribution in [0.1, 0.15) is 267 Å². The van der Waals surface area contributed by atoms with Gasteiger partial charge in [0.25, 0.3) is 0 Å². The number of carboxylic acids is 1. The van der Waals surface area contributed by atoms with Gasteiger partial charge in [0.1, 0.15) is 5.78 Å². The van der Waals surface area contributed by atoms with E-state index in [1.165, 1.54) is 12.5 Å². The average molecular weight is 1750 g/mol. The summed E-state index contributed by atoms with van der Waals surface area (Å²) in [5.41, 5.74) is 21.6. The molecular weight excluding hydrogens is 1650 g/mol. The molecule has 0 aliphatic heterocycles. The number of ketones is 8. The molecule has 6 atom stereocenters. The number of alkyl halides is 1. The van der Waals surface area contributed by atoms with Crippen LogP contribution < -0.4 is 11.1 Å². The fourth-order valence-corrected chi connectivity index (χ4v) is 13.3. The maximum absolute atomic E-state index is 12.4. The van der Waals surface area contributed by atoms with Crippen LogP contribution in [0.4, 0.5) is 0 Å². The molecule has 5 N–H and O–H groups in total. The standard InChI is InChI=1S/C18H18O2.C17H17NO2.C16H14O3.C16H16O.C15H13BrO.C15H15NO.C15H14O2/c1-3-17(19)13(2)15-10-7-11-16(12-15)18(20)14-8-5-4-6-9-14;1-12(18-13(2)19)15-9-6-10-16(11-15)17(20)14-7-4-3-5-8-14;1-11(16(18)19)13-8-5-9-14(10-13)15(17)12-6-3-2-4-7-12;1-12(2)14-9-6-10-15(11-14)16(17)13-7-4-3-5-8-13;3*1-11(16)13-8-5-9-14(10-13)15(17)12-6-3-2-4-7-12/h4-13H,3H2,1-2H3;3-12H,1-2H3,(H,18,19);2-11H,1H3,(H,18,19);3-12H,1-2H3;2-11H,1H3;2-11H,16H2,1H3;2-11,16H,1H3/t13-;12-;11-;;3*11-/m000.000/s1. The third-order valence-corrected chi connectivity index (χ3v) is 21.1. The highest BCUT2D eigenvalue weighted by Crippen LogP contribution is 2.27. The normalized spacial score (nSPS) is 11.8. The van der Waals surface area contributed by atoms with Crippen molar-refractivity contribution in [3.8, 4) is 0 Å². The first kappa shape index (κ1) is 98.2. The predicted octanol–water partition coefficient (Wildman–Crippen LogP) is 24.5. The van der Waals surface area contributed by atoms with E-state index < -0.39 is 18.0 Å². The van der Waals surface area contributed by atoms with Crippen LogP contribution in [0.5, 0.6) is 0 Å². The first-order valence-electron chi connectivity index (χ1n) is 42.0. The van der Waals surface area contributed by atoms with Gasteiger partial charge in [0.2, 0.25) is 5.91 Å². The second-order valence-electron chi connectivity index (χ2n) is 30.5. The van der Waals surface area contributed by atoms with Gasteiger partial charge in [0.15, 0.2) is 40.5 Å². The van der Waals surface area contributed by atoms with Gasteiger partial charge in [-0.2, -0.15) is 0 Å². The molecule has 0 saturated carbocycles. The Bertz CT molecular complexity index is 5570. The Morgan fingerprint density at radius 3 is 0.748 bits per heavy atom. The van der Waals surface area contributed by atoms with Crippen molar-refractivity contribution in [2.24, 2.45) is 5.73 Å². The van der Waals surface area contributed by atoms with Crippen molar-refractivity contribution in [3.63, 3.8) is 0 Å². The second kappa shape index (κ2) is 50.5. The van der Waals surface area contributed by atoms with E-state index in [1.54, 1.807) is 129 Å². The molecule has 15 heteroatoms. The van der Waals surface area contributed by atoms with Gasteiger partial charge in [-0.3, -0.25) is 47.9 Å². The van der Waals surface area contributed by atoms with E-state index in [4.69, 9.17) is 10.8 Å². The third kappa shape index (κ3) is 30.6. The zero-order chi connectivity index (χ0) is 91.9. The molecule has 0 heterocycles. The molecule has 14 aromatic rings. The van der Waals surface area contributed by atoms with Crippen molar-refractivity contribution < 1.29 is 58.2 Å². The molecule has 644 valence electrons. The average Bonchev–Trinajstić information content (AvgIpc) is 1.41. The summed E-state index contributed by atoms with van der Waals surface area (Å²) in [5, 5.41) is 21.3. The molecule has 14 rings (SSSR count). The topological polar surface area (TPSA) is 249 Å². The smallest absolute Gasteiger partial charge is 0.310 e. The van der Waals surface area contributed by atoms with Crippen LogP contribution in [0.3, 0.4) is 0 Å². The number of hydrogen-bond donors (Lipinski definition) is 4. The minimum Gasteiger partial charge on any atom is -0.481 e. The first-order valence-corrected chi connectivity index (χ1v) is 42.9. The van der Waals surface area contributed by atoms with E-state index >= 15 is 0 Å². The molecule has 0 radical (unpaired) electrons. The fourth-order valence-electron chi connectivity index (χ4n) is 13.0. The van der Waals surface area contributed by atoms with Crippen molar-refractivity contribution in [1.82, 2.24) is 5.32 Å². The quantitative estimate of drug-likeness (QED) is 0.0307. The van der Waals surface area contributed by atoms with Crippen LogP contribution in [0.25, 0.3) is 0 Å². The summed E-state index contributed by atoms with van der Waals surface area (Å²) in [6.45, 7) is 18.6. The molecule has 0 bridgehead atoms. The number of carbonyl (C=O) groups is 10. The third-order valence-electron chi connectivity index (χ3n) is 20.5. The number of halogens is 1. The van der Waals surface area contributed by atoms with Gasteiger partial charge in [-0.05, 0) is 122 Å². The molecule has 127 heavy (non-hydrogen) atoms. The summed E-state index contributed by atoms with van der Waals surface area (Å²) in [6, 6.07) is 116. The molecule has 0 spiro atoms. The number of aliphatic carboxylic acids is 1. The number of carboxylic acid groups (broad SMARTS) is 1. The zero-order valence-corrected chi connectivity index (χ0v) is 74.6. The van der Waals surface area contributed by atoms with E-state index in [0.29, 0.717) is 73.5 Å². The fraction of sp³-hybridized carbons (Fsp3) is 0.161. The molecule has 1 amide bonds. The summed E-state index contributed by atoms with van der Waals surface area (Å²) in [7, 11) is 0. The molecule has 0 fully saturated rings. The van der Waals surface area contributed by atoms with Gasteiger partial charge in [0, 0.05) is 108 Å². The molecule has 0 saturated heterocycles. The molecule has 0 unspecified atom stereocenters. The van der Waals surface area contributed by atoms with E-state index in [-0.39, 0.29) is 75.0 Å². The number of aliphatic hydroxyl groups is 1. The zero-order valence-electron chi connectivity index (χ0n) is 73.1. The number of nitrogens with one attached hydrogen (secondary N) is 1. The molecule has 14 aromatic carbocycles. The molecule has 0 aromatic heterocycles. The van der Waals surface area contributed by atoms with Gasteiger partial charge in [-0.1, -0.05) is 383 Å². The van der Waals surface area contributed by atoms with Crippen molar-refractivity contribution >= 4 is 74.1 Å². The number of hydrogen-bond acceptors (Lipinski definition) is 12. The highest BCUT2D eigenvalue weighted by molar-refractivity contribution is 9.09. The van der Waals surface area contributed by atoms with Gasteiger partial charge >= 0.3 is 5.97 Å². The van der Waals surface area contributed by atoms with Gasteiger partial charge in [-0.25, -0.2) is 0 Å². The molecule has 0 aliphatic carbocycles. The Kier molecular flexibility index (Phi) is 39.1. The highest BCUT2D eigenvalue weighted by atomic mass is 79.9. The number of aliphatic hydroxyl groups excluding tert-OH is 1. The number of amides is 1. The first-order chi connectivity index (χ1) is 61.0. The maximum atomic E-state index is 12.4. The summed E-state index contributed by atoms with van der Waals surface area (Å²) in [5.74, 6) is -1.08. The summed E-state index contributed by atoms with van der Waals surface area (Å²) >= 11 is 3.51. The van der Waals surface area contributed by atoms with E-state index in [2.05, 4.69) is 41.2 Å². The minimum atomic E-state index is -0.899. The Morgan fingerprint density at radius 1 is 0.283 bits per heavy atom. The van der Waals surface area contributed by atoms with Crippen molar-refractivity contribution in [2.45, 2.75) is 116 Å². The number of Topliss-reactive ketones (excluding diaryl/α,β-unsaturated/α-hetero) is 1. The second-order valence-corrected chi connectivity index (χ2v) is 31.9. The van der Waals surface area contributed by atoms with Crippen LogP contribution in [0.2, 0.25) is 0 Å². The van der Waals surface area contributed by atoms with Crippen LogP contribution in [0.15, 0.2) is 382 Å². The monoisotopic (exact) mass is 1750 g/mol. The lowest BCUT2D eigenvalue weighted by molar-refractivity contribution is -0.138. The van der Waals surface area contributed by atoms with Crippen molar-refractivity contribution in [3.05, 3.63) is 499 Å². The number of carbonyl (C=O) groups excluding carboxylic acids is 9. The Morgan fingerprint density at radius 2 is 0.496 bits per heavy atom. The summed E-state index contributed by atoms with van der Waals surface area (Å²) in [4.78, 5) is 120. The molecular formula is C112H107BrN2O12. The van der Waals surface area contributed by atoms with Crippen LogP contribution in [0, 0.1) is 0 Å². The summed E-state index contributed by atoms with van der Waals surface area (Å²) in [6.07, 6.45) is -0.0450. The Labute approximate surface area is 753 Å². The van der Waals surface area contributed by atoms with Crippen LogP contribution in [-0.4, -0.2) is 68.4 Å². The summed E-state index contributed by atoms with van der Waals surface area (Å²) < 4.78 is 0. The highest BCUT2D eigenvalue weighted by Gasteiger charge is 2.21. The lowest BCUT2D eigenvalue weighted by Gasteiger charge is -2.13. The Balaban J connectivity index is 0.000000183. The van der Waals surface area contributed by atoms with Crippen molar-refractivity contribution in [1.29, 1.82) is 0 Å². The lowest BCUT2D eigenvalue weighted by atomic mass is 9.92. The van der Waals surface area contributed by atoms with Gasteiger partial charge < -0.3 is 21.3 Å². The van der Waals surface area contributed by atoms with E-state index in [9.17, 15) is 53.1 Å². The molecule has 0 aliphatic rings. The number of nitrogens with two attached hydrogens (primary N) is 1. The largest absolute Gasteiger partial charge is 0.481 e. The van der Waals surface area contributed by atoms with Crippen LogP contribution >= 0.6 is 15.9 Å². The molecule has 14 nitrogen and oxygen atoms in total. The number of benzene rings is 14. The van der Waals surface area contributed by atoms with Crippen LogP contribution in [-0.2, 0) is 14.4 Å². The number of rotatable bonds is 25.